The summed E-state index contributed by atoms with van der Waals surface area (Å²) in [5, 5.41) is 14.8. The molecule has 1 fully saturated rings. The maximum atomic E-state index is 11.4. The highest BCUT2D eigenvalue weighted by Gasteiger charge is 2.26. The minimum absolute atomic E-state index is 0.0633. The van der Waals surface area contributed by atoms with Crippen LogP contribution in [0.25, 0.3) is 0 Å². The van der Waals surface area contributed by atoms with Gasteiger partial charge in [-0.05, 0) is 37.0 Å². The van der Waals surface area contributed by atoms with Gasteiger partial charge in [-0.1, -0.05) is 24.6 Å². The van der Waals surface area contributed by atoms with Crippen molar-refractivity contribution in [1.82, 2.24) is 9.97 Å². The molecule has 1 aromatic heterocycles. The average Bonchev–Trinajstić information content (AvgIpc) is 2.54. The Morgan fingerprint density at radius 1 is 1.36 bits per heavy atom. The molecule has 0 unspecified atom stereocenters. The van der Waals surface area contributed by atoms with Crippen molar-refractivity contribution in [2.24, 2.45) is 5.92 Å². The average molecular weight is 363 g/mol. The normalized spacial score (nSPS) is 15.2. The lowest BCUT2D eigenvalue weighted by atomic mass is 10.00. The van der Waals surface area contributed by atoms with Gasteiger partial charge in [-0.3, -0.25) is 10.1 Å². The number of nitrogen functional groups attached to an aromatic ring is 1. The van der Waals surface area contributed by atoms with E-state index in [0.29, 0.717) is 22.6 Å². The van der Waals surface area contributed by atoms with Crippen LogP contribution in [0.2, 0.25) is 5.02 Å². The Balaban J connectivity index is 1.97. The van der Waals surface area contributed by atoms with E-state index in [-0.39, 0.29) is 17.3 Å². The molecule has 0 radical (unpaired) electrons. The molecule has 1 aliphatic heterocycles. The predicted octanol–water partition coefficient (Wildman–Crippen LogP) is 3.60. The number of hydrogen-bond acceptors (Lipinski definition) is 7. The molecule has 3 rings (SSSR count). The van der Waals surface area contributed by atoms with Crippen LogP contribution in [-0.2, 0) is 0 Å². The van der Waals surface area contributed by atoms with Crippen LogP contribution in [0, 0.1) is 16.0 Å². The van der Waals surface area contributed by atoms with Crippen molar-refractivity contribution in [3.63, 3.8) is 0 Å². The molecule has 3 N–H and O–H groups in total. The monoisotopic (exact) mass is 362 g/mol. The second-order valence-corrected chi connectivity index (χ2v) is 6.60. The van der Waals surface area contributed by atoms with Crippen molar-refractivity contribution < 1.29 is 4.92 Å². The zero-order valence-electron chi connectivity index (χ0n) is 13.8. The Kier molecular flexibility index (Phi) is 4.89. The number of piperidine rings is 1. The zero-order valence-corrected chi connectivity index (χ0v) is 14.5. The van der Waals surface area contributed by atoms with Crippen molar-refractivity contribution in [3.05, 3.63) is 39.4 Å². The SMILES string of the molecule is CC1CCN(c2nc(N)c([N+](=O)[O-])c(Nc3cccc(Cl)c3)n2)CC1. The molecule has 1 aliphatic rings. The summed E-state index contributed by atoms with van der Waals surface area (Å²) >= 11 is 5.97. The van der Waals surface area contributed by atoms with Gasteiger partial charge in [0.15, 0.2) is 0 Å². The van der Waals surface area contributed by atoms with Gasteiger partial charge in [0.25, 0.3) is 0 Å². The molecule has 2 heterocycles. The lowest BCUT2D eigenvalue weighted by Crippen LogP contribution is -2.34. The van der Waals surface area contributed by atoms with Gasteiger partial charge in [-0.15, -0.1) is 0 Å². The van der Waals surface area contributed by atoms with Gasteiger partial charge >= 0.3 is 5.69 Å². The Hall–Kier alpha value is -2.61. The van der Waals surface area contributed by atoms with E-state index < -0.39 is 4.92 Å². The van der Waals surface area contributed by atoms with Crippen LogP contribution in [0.5, 0.6) is 0 Å². The molecular weight excluding hydrogens is 344 g/mol. The summed E-state index contributed by atoms with van der Waals surface area (Å²) in [7, 11) is 0. The minimum Gasteiger partial charge on any atom is -0.378 e. The molecule has 0 aliphatic carbocycles. The standard InChI is InChI=1S/C16H19ClN6O2/c1-10-5-7-22(8-6-10)16-20-14(18)13(23(24)25)15(21-16)19-12-4-2-3-11(17)9-12/h2-4,9-10H,5-8H2,1H3,(H3,18,19,20,21). The lowest BCUT2D eigenvalue weighted by molar-refractivity contribution is -0.383. The maximum absolute atomic E-state index is 11.4. The van der Waals surface area contributed by atoms with Gasteiger partial charge in [0.05, 0.1) is 4.92 Å². The fourth-order valence-corrected chi connectivity index (χ4v) is 2.97. The van der Waals surface area contributed by atoms with Crippen molar-refractivity contribution in [2.75, 3.05) is 29.0 Å². The number of nitrogens with zero attached hydrogens (tertiary/aromatic N) is 4. The smallest absolute Gasteiger partial charge is 0.353 e. The summed E-state index contributed by atoms with van der Waals surface area (Å²) in [4.78, 5) is 21.3. The molecule has 0 spiro atoms. The highest BCUT2D eigenvalue weighted by Crippen LogP contribution is 2.33. The summed E-state index contributed by atoms with van der Waals surface area (Å²) in [6, 6.07) is 6.87. The van der Waals surface area contributed by atoms with Crippen LogP contribution < -0.4 is 16.0 Å². The van der Waals surface area contributed by atoms with Gasteiger partial charge in [-0.25, -0.2) is 0 Å². The fraction of sp³-hybridized carbons (Fsp3) is 0.375. The fourth-order valence-electron chi connectivity index (χ4n) is 2.78. The number of nitro groups is 1. The number of nitrogens with two attached hydrogens (primary N) is 1. The summed E-state index contributed by atoms with van der Waals surface area (Å²) in [6.07, 6.45) is 2.05. The molecule has 2 aromatic rings. The molecule has 1 aromatic carbocycles. The Bertz CT molecular complexity index is 792. The third-order valence-corrected chi connectivity index (χ3v) is 4.47. The van der Waals surface area contributed by atoms with E-state index in [1.54, 1.807) is 24.3 Å². The molecular formula is C16H19ClN6O2. The molecule has 8 nitrogen and oxygen atoms in total. The molecule has 9 heteroatoms. The summed E-state index contributed by atoms with van der Waals surface area (Å²) in [5.74, 6) is 0.960. The van der Waals surface area contributed by atoms with Crippen LogP contribution in [0.3, 0.4) is 0 Å². The van der Waals surface area contributed by atoms with Crippen molar-refractivity contribution in [1.29, 1.82) is 0 Å². The number of rotatable bonds is 4. The van der Waals surface area contributed by atoms with E-state index in [9.17, 15) is 10.1 Å². The van der Waals surface area contributed by atoms with Crippen LogP contribution in [0.4, 0.5) is 29.0 Å². The van der Waals surface area contributed by atoms with E-state index in [0.717, 1.165) is 25.9 Å². The molecule has 0 amide bonds. The number of hydrogen-bond donors (Lipinski definition) is 2. The summed E-state index contributed by atoms with van der Waals surface area (Å²) < 4.78 is 0. The zero-order chi connectivity index (χ0) is 18.0. The van der Waals surface area contributed by atoms with E-state index >= 15 is 0 Å². The second kappa shape index (κ2) is 7.10. The van der Waals surface area contributed by atoms with E-state index in [1.807, 2.05) is 4.90 Å². The van der Waals surface area contributed by atoms with Gasteiger partial charge in [-0.2, -0.15) is 9.97 Å². The lowest BCUT2D eigenvalue weighted by Gasteiger charge is -2.30. The Morgan fingerprint density at radius 2 is 2.08 bits per heavy atom. The highest BCUT2D eigenvalue weighted by molar-refractivity contribution is 6.30. The molecule has 1 saturated heterocycles. The summed E-state index contributed by atoms with van der Waals surface area (Å²) in [6.45, 7) is 3.80. The molecule has 0 bridgehead atoms. The van der Waals surface area contributed by atoms with Crippen LogP contribution >= 0.6 is 11.6 Å². The van der Waals surface area contributed by atoms with Gasteiger partial charge in [0, 0.05) is 23.8 Å². The number of halogens is 1. The number of benzene rings is 1. The molecule has 25 heavy (non-hydrogen) atoms. The van der Waals surface area contributed by atoms with E-state index in [2.05, 4.69) is 22.2 Å². The maximum Gasteiger partial charge on any atom is 0.353 e. The quantitative estimate of drug-likeness (QED) is 0.631. The first-order valence-corrected chi connectivity index (χ1v) is 8.41. The second-order valence-electron chi connectivity index (χ2n) is 6.17. The first-order chi connectivity index (χ1) is 11.9. The Labute approximate surface area is 150 Å². The number of aromatic nitrogens is 2. The first kappa shape index (κ1) is 17.2. The highest BCUT2D eigenvalue weighted by atomic mass is 35.5. The van der Waals surface area contributed by atoms with E-state index in [1.165, 1.54) is 0 Å². The topological polar surface area (TPSA) is 110 Å². The summed E-state index contributed by atoms with van der Waals surface area (Å²) in [5.41, 5.74) is 6.11. The van der Waals surface area contributed by atoms with Crippen LogP contribution in [0.1, 0.15) is 19.8 Å². The Morgan fingerprint density at radius 3 is 2.72 bits per heavy atom. The van der Waals surface area contributed by atoms with Gasteiger partial charge in [0.2, 0.25) is 17.6 Å². The third-order valence-electron chi connectivity index (χ3n) is 4.24. The molecule has 132 valence electrons. The minimum atomic E-state index is -0.579. The van der Waals surface area contributed by atoms with Gasteiger partial charge < -0.3 is 16.0 Å². The molecule has 0 saturated carbocycles. The first-order valence-electron chi connectivity index (χ1n) is 8.03. The number of anilines is 4. The van der Waals surface area contributed by atoms with Crippen molar-refractivity contribution in [3.8, 4) is 0 Å². The third kappa shape index (κ3) is 3.90. The predicted molar refractivity (Wildman–Crippen MR) is 98.4 cm³/mol. The number of nitrogens with one attached hydrogen (secondary N) is 1. The molecule has 0 atom stereocenters. The largest absolute Gasteiger partial charge is 0.378 e. The van der Waals surface area contributed by atoms with Gasteiger partial charge in [0.1, 0.15) is 0 Å². The van der Waals surface area contributed by atoms with Crippen molar-refractivity contribution >= 4 is 40.6 Å². The van der Waals surface area contributed by atoms with E-state index in [4.69, 9.17) is 17.3 Å². The van der Waals surface area contributed by atoms with Crippen LogP contribution in [-0.4, -0.2) is 28.0 Å². The van der Waals surface area contributed by atoms with Crippen LogP contribution in [0.15, 0.2) is 24.3 Å². The van der Waals surface area contributed by atoms with Crippen molar-refractivity contribution in [2.45, 2.75) is 19.8 Å².